The largest absolute Gasteiger partial charge is 0.362 e. The first-order valence-corrected chi connectivity index (χ1v) is 12.0. The highest BCUT2D eigenvalue weighted by atomic mass is 16.2. The van der Waals surface area contributed by atoms with E-state index < -0.39 is 0 Å². The molecule has 1 aromatic heterocycles. The zero-order chi connectivity index (χ0) is 22.7. The van der Waals surface area contributed by atoms with Crippen molar-refractivity contribution < 1.29 is 4.79 Å². The minimum Gasteiger partial charge on any atom is -0.362 e. The number of hydrogen-bond acceptors (Lipinski definition) is 5. The van der Waals surface area contributed by atoms with Gasteiger partial charge < -0.3 is 16.0 Å². The molecule has 1 fully saturated rings. The first kappa shape index (κ1) is 22.4. The molecular formula is C25H36N6O. The van der Waals surface area contributed by atoms with Crippen LogP contribution in [0.3, 0.4) is 0 Å². The summed E-state index contributed by atoms with van der Waals surface area (Å²) in [6.07, 6.45) is 9.17. The summed E-state index contributed by atoms with van der Waals surface area (Å²) >= 11 is 0. The number of nitrogens with zero attached hydrogens (tertiary/aromatic N) is 4. The average molecular weight is 437 g/mol. The Morgan fingerprint density at radius 2 is 1.88 bits per heavy atom. The van der Waals surface area contributed by atoms with Crippen LogP contribution in [0.1, 0.15) is 62.3 Å². The summed E-state index contributed by atoms with van der Waals surface area (Å²) in [5.41, 5.74) is 10.4. The van der Waals surface area contributed by atoms with Crippen molar-refractivity contribution in [3.05, 3.63) is 41.1 Å². The van der Waals surface area contributed by atoms with Gasteiger partial charge in [0.25, 0.3) is 0 Å². The van der Waals surface area contributed by atoms with Crippen LogP contribution in [0.5, 0.6) is 0 Å². The molecule has 7 nitrogen and oxygen atoms in total. The van der Waals surface area contributed by atoms with Gasteiger partial charge in [0.05, 0.1) is 5.69 Å². The first-order valence-electron chi connectivity index (χ1n) is 12.0. The first-order chi connectivity index (χ1) is 15.5. The number of carbonyl (C=O) groups is 1. The Morgan fingerprint density at radius 1 is 1.12 bits per heavy atom. The molecule has 1 aromatic carbocycles. The fourth-order valence-electron chi connectivity index (χ4n) is 5.11. The summed E-state index contributed by atoms with van der Waals surface area (Å²) in [4.78, 5) is 25.9. The zero-order valence-electron chi connectivity index (χ0n) is 19.6. The standard InChI is InChI=1S/C25H36N6O/c1-4-17-8-7-9-20(16-17)31(24(26)32)19-14-12-18(13-15-19)27-25-28-22-11-6-5-10-21(22)23(29-25)30(2)3/h7-9,16,18-19H,4-6,10-15H2,1-3H3,(H2,26,32)(H,27,28,29)/t18-,19+. The van der Waals surface area contributed by atoms with E-state index in [1.165, 1.54) is 29.7 Å². The average Bonchev–Trinajstić information content (AvgIpc) is 2.79. The summed E-state index contributed by atoms with van der Waals surface area (Å²) in [5, 5.41) is 3.59. The van der Waals surface area contributed by atoms with Crippen LogP contribution in [0, 0.1) is 0 Å². The van der Waals surface area contributed by atoms with Crippen molar-refractivity contribution in [1.82, 2.24) is 9.97 Å². The van der Waals surface area contributed by atoms with Gasteiger partial charge in [0.2, 0.25) is 5.95 Å². The SMILES string of the molecule is CCc1cccc(N(C(N)=O)[C@H]2CC[C@@H](Nc3nc4c(c(N(C)C)n3)CCCC4)CC2)c1. The highest BCUT2D eigenvalue weighted by molar-refractivity contribution is 5.91. The van der Waals surface area contributed by atoms with Gasteiger partial charge in [0.15, 0.2) is 0 Å². The number of urea groups is 1. The molecule has 0 radical (unpaired) electrons. The zero-order valence-corrected chi connectivity index (χ0v) is 19.6. The second-order valence-corrected chi connectivity index (χ2v) is 9.28. The lowest BCUT2D eigenvalue weighted by Crippen LogP contribution is -2.47. The summed E-state index contributed by atoms with van der Waals surface area (Å²) in [7, 11) is 4.11. The predicted octanol–water partition coefficient (Wildman–Crippen LogP) is 4.29. The van der Waals surface area contributed by atoms with Crippen LogP contribution in [0.15, 0.2) is 24.3 Å². The number of nitrogens with two attached hydrogens (primary N) is 1. The number of hydrogen-bond donors (Lipinski definition) is 2. The van der Waals surface area contributed by atoms with Gasteiger partial charge >= 0.3 is 6.03 Å². The van der Waals surface area contributed by atoms with Crippen LogP contribution in [-0.4, -0.2) is 42.2 Å². The number of carbonyl (C=O) groups excluding carboxylic acids is 1. The van der Waals surface area contributed by atoms with Gasteiger partial charge in [0, 0.05) is 37.4 Å². The molecule has 1 heterocycles. The molecule has 0 spiro atoms. The van der Waals surface area contributed by atoms with Crippen molar-refractivity contribution in [3.63, 3.8) is 0 Å². The molecule has 1 saturated carbocycles. The maximum absolute atomic E-state index is 12.3. The Balaban J connectivity index is 1.44. The van der Waals surface area contributed by atoms with E-state index in [1.807, 2.05) is 12.1 Å². The summed E-state index contributed by atoms with van der Waals surface area (Å²) in [6.45, 7) is 2.12. The van der Waals surface area contributed by atoms with E-state index in [2.05, 4.69) is 43.4 Å². The molecule has 3 N–H and O–H groups in total. The normalized spacial score (nSPS) is 20.3. The monoisotopic (exact) mass is 436 g/mol. The van der Waals surface area contributed by atoms with E-state index >= 15 is 0 Å². The highest BCUT2D eigenvalue weighted by Crippen LogP contribution is 2.31. The Hall–Kier alpha value is -2.83. The van der Waals surface area contributed by atoms with Crippen LogP contribution >= 0.6 is 0 Å². The van der Waals surface area contributed by atoms with E-state index in [0.717, 1.165) is 62.4 Å². The highest BCUT2D eigenvalue weighted by Gasteiger charge is 2.30. The van der Waals surface area contributed by atoms with Gasteiger partial charge in [0.1, 0.15) is 5.82 Å². The third-order valence-electron chi connectivity index (χ3n) is 6.81. The van der Waals surface area contributed by atoms with Crippen molar-refractivity contribution in [2.75, 3.05) is 29.2 Å². The fraction of sp³-hybridized carbons (Fsp3) is 0.560. The van der Waals surface area contributed by atoms with Gasteiger partial charge in [-0.05, 0) is 75.5 Å². The fourth-order valence-corrected chi connectivity index (χ4v) is 5.11. The maximum atomic E-state index is 12.3. The number of rotatable bonds is 6. The van der Waals surface area contributed by atoms with E-state index in [-0.39, 0.29) is 12.1 Å². The molecular weight excluding hydrogens is 400 g/mol. The van der Waals surface area contributed by atoms with Gasteiger partial charge in [-0.3, -0.25) is 4.90 Å². The third-order valence-corrected chi connectivity index (χ3v) is 6.81. The Bertz CT molecular complexity index is 951. The van der Waals surface area contributed by atoms with Crippen LogP contribution in [0.4, 0.5) is 22.2 Å². The van der Waals surface area contributed by atoms with Crippen LogP contribution in [0.25, 0.3) is 0 Å². The lowest BCUT2D eigenvalue weighted by atomic mass is 9.90. The van der Waals surface area contributed by atoms with Crippen LogP contribution < -0.4 is 20.9 Å². The Labute approximate surface area is 191 Å². The van der Waals surface area contributed by atoms with Crippen molar-refractivity contribution in [2.45, 2.75) is 76.8 Å². The van der Waals surface area contributed by atoms with Crippen LogP contribution in [0.2, 0.25) is 0 Å². The quantitative estimate of drug-likeness (QED) is 0.705. The third kappa shape index (κ3) is 4.81. The van der Waals surface area contributed by atoms with Crippen LogP contribution in [-0.2, 0) is 19.3 Å². The predicted molar refractivity (Wildman–Crippen MR) is 131 cm³/mol. The number of primary amides is 1. The van der Waals surface area contributed by atoms with Crippen molar-refractivity contribution in [1.29, 1.82) is 0 Å². The van der Waals surface area contributed by atoms with E-state index in [1.54, 1.807) is 4.90 Å². The molecule has 2 aromatic rings. The number of aromatic nitrogens is 2. The molecule has 32 heavy (non-hydrogen) atoms. The number of amides is 2. The van der Waals surface area contributed by atoms with Gasteiger partial charge in [-0.2, -0.15) is 4.98 Å². The molecule has 0 bridgehead atoms. The Kier molecular flexibility index (Phi) is 6.82. The van der Waals surface area contributed by atoms with Crippen molar-refractivity contribution >= 4 is 23.5 Å². The van der Waals surface area contributed by atoms with Crippen molar-refractivity contribution in [3.8, 4) is 0 Å². The van der Waals surface area contributed by atoms with Crippen molar-refractivity contribution in [2.24, 2.45) is 5.73 Å². The minimum atomic E-state index is -0.372. The topological polar surface area (TPSA) is 87.4 Å². The van der Waals surface area contributed by atoms with E-state index in [4.69, 9.17) is 15.7 Å². The molecule has 2 aliphatic carbocycles. The van der Waals surface area contributed by atoms with E-state index in [9.17, 15) is 4.79 Å². The summed E-state index contributed by atoms with van der Waals surface area (Å²) in [5.74, 6) is 1.78. The number of anilines is 3. The Morgan fingerprint density at radius 3 is 2.56 bits per heavy atom. The number of nitrogens with one attached hydrogen (secondary N) is 1. The number of fused-ring (bicyclic) bond motifs is 1. The minimum absolute atomic E-state index is 0.124. The van der Waals surface area contributed by atoms with E-state index in [0.29, 0.717) is 6.04 Å². The molecule has 2 amide bonds. The molecule has 0 aliphatic heterocycles. The molecule has 2 aliphatic rings. The second-order valence-electron chi connectivity index (χ2n) is 9.28. The van der Waals surface area contributed by atoms with Gasteiger partial charge in [-0.15, -0.1) is 0 Å². The summed E-state index contributed by atoms with van der Waals surface area (Å²) in [6, 6.07) is 8.22. The lowest BCUT2D eigenvalue weighted by Gasteiger charge is -2.36. The lowest BCUT2D eigenvalue weighted by molar-refractivity contribution is 0.248. The molecule has 0 unspecified atom stereocenters. The van der Waals surface area contributed by atoms with Gasteiger partial charge in [-0.1, -0.05) is 19.1 Å². The smallest absolute Gasteiger partial charge is 0.319 e. The summed E-state index contributed by atoms with van der Waals surface area (Å²) < 4.78 is 0. The number of benzene rings is 1. The molecule has 172 valence electrons. The molecule has 4 rings (SSSR count). The number of aryl methyl sites for hydroxylation is 2. The maximum Gasteiger partial charge on any atom is 0.319 e. The van der Waals surface area contributed by atoms with Gasteiger partial charge in [-0.25, -0.2) is 9.78 Å². The molecule has 7 heteroatoms. The molecule has 0 saturated heterocycles. The molecule has 0 atom stereocenters. The second kappa shape index (κ2) is 9.76.